The van der Waals surface area contributed by atoms with Gasteiger partial charge in [-0.3, -0.25) is 15.6 Å². The number of amides is 1. The average molecular weight is 260 g/mol. The fourth-order valence-corrected chi connectivity index (χ4v) is 2.09. The summed E-state index contributed by atoms with van der Waals surface area (Å²) in [6.45, 7) is 8.11. The predicted octanol–water partition coefficient (Wildman–Crippen LogP) is -0.393. The number of carbonyl (C=O) groups is 1. The molecule has 0 saturated carbocycles. The Bertz CT molecular complexity index is 222. The van der Waals surface area contributed by atoms with Crippen molar-refractivity contribution in [1.82, 2.24) is 14.8 Å². The van der Waals surface area contributed by atoms with Crippen LogP contribution in [-0.2, 0) is 9.53 Å². The van der Waals surface area contributed by atoms with Gasteiger partial charge in [0, 0.05) is 33.7 Å². The zero-order valence-corrected chi connectivity index (χ0v) is 12.3. The number of likely N-dealkylation sites (tertiary alicyclic amines) is 1. The largest absolute Gasteiger partial charge is 0.369 e. The van der Waals surface area contributed by atoms with Gasteiger partial charge in [0.25, 0.3) is 0 Å². The summed E-state index contributed by atoms with van der Waals surface area (Å²) >= 11 is 0. The molecule has 18 heavy (non-hydrogen) atoms. The Morgan fingerprint density at radius 2 is 1.78 bits per heavy atom. The zero-order valence-electron chi connectivity index (χ0n) is 12.3. The van der Waals surface area contributed by atoms with Gasteiger partial charge in [-0.05, 0) is 7.05 Å². The van der Waals surface area contributed by atoms with Crippen molar-refractivity contribution < 1.29 is 9.53 Å². The van der Waals surface area contributed by atoms with Gasteiger partial charge in [0.2, 0.25) is 6.41 Å². The highest BCUT2D eigenvalue weighted by atomic mass is 16.5. The average Bonchev–Trinajstić information content (AvgIpc) is 2.29. The Morgan fingerprint density at radius 3 is 2.17 bits per heavy atom. The molecule has 1 amide bonds. The third-order valence-electron chi connectivity index (χ3n) is 2.54. The Kier molecular flexibility index (Phi) is 8.10. The number of carbonyl (C=O) groups excluding carboxylic acids is 1. The Balaban J connectivity index is 0.000000415. The van der Waals surface area contributed by atoms with Crippen molar-refractivity contribution in [2.24, 2.45) is 5.84 Å². The first-order valence-electron chi connectivity index (χ1n) is 6.41. The zero-order chi connectivity index (χ0) is 14.2. The first kappa shape index (κ1) is 17.3. The number of hydrogen-bond acceptors (Lipinski definition) is 5. The van der Waals surface area contributed by atoms with Crippen molar-refractivity contribution in [3.8, 4) is 0 Å². The van der Waals surface area contributed by atoms with Gasteiger partial charge >= 0.3 is 0 Å². The van der Waals surface area contributed by atoms with E-state index in [9.17, 15) is 4.79 Å². The normalized spacial score (nSPS) is 21.4. The van der Waals surface area contributed by atoms with Crippen LogP contribution in [0.2, 0.25) is 0 Å². The summed E-state index contributed by atoms with van der Waals surface area (Å²) in [5.41, 5.74) is -0.0338. The van der Waals surface area contributed by atoms with Crippen molar-refractivity contribution in [2.45, 2.75) is 19.4 Å². The van der Waals surface area contributed by atoms with Gasteiger partial charge in [-0.25, -0.2) is 0 Å². The molecule has 2 rings (SSSR count). The molecule has 1 spiro atoms. The van der Waals surface area contributed by atoms with Gasteiger partial charge < -0.3 is 14.5 Å². The van der Waals surface area contributed by atoms with Gasteiger partial charge in [0.05, 0.1) is 13.2 Å². The standard InChI is InChI=1S/C8H14N2O2.C2H8N2.C2H6/c1-9-4-8(5-9)6-10(7-11)2-3-12-8;1-4(2)3;1-2/h7H,2-6H2,1H3;3H2,1-2H3;1-2H3. The van der Waals surface area contributed by atoms with Gasteiger partial charge in [0.1, 0.15) is 5.60 Å². The van der Waals surface area contributed by atoms with Crippen molar-refractivity contribution >= 4 is 6.41 Å². The van der Waals surface area contributed by atoms with Crippen LogP contribution in [0.25, 0.3) is 0 Å². The Labute approximate surface area is 111 Å². The molecule has 0 atom stereocenters. The maximum atomic E-state index is 10.5. The van der Waals surface area contributed by atoms with E-state index < -0.39 is 0 Å². The molecule has 0 aliphatic carbocycles. The number of hydrazine groups is 1. The molecule has 6 nitrogen and oxygen atoms in total. The molecule has 6 heteroatoms. The molecule has 2 aliphatic heterocycles. The third kappa shape index (κ3) is 5.77. The number of morpholine rings is 1. The van der Waals surface area contributed by atoms with E-state index in [-0.39, 0.29) is 5.60 Å². The monoisotopic (exact) mass is 260 g/mol. The number of hydrogen-bond donors (Lipinski definition) is 1. The number of rotatable bonds is 1. The minimum Gasteiger partial charge on any atom is -0.369 e. The molecule has 2 N–H and O–H groups in total. The first-order valence-corrected chi connectivity index (χ1v) is 6.41. The molecule has 0 aromatic heterocycles. The van der Waals surface area contributed by atoms with E-state index >= 15 is 0 Å². The van der Waals surface area contributed by atoms with E-state index in [0.29, 0.717) is 6.61 Å². The van der Waals surface area contributed by atoms with E-state index in [2.05, 4.69) is 11.9 Å². The van der Waals surface area contributed by atoms with Crippen molar-refractivity contribution in [3.63, 3.8) is 0 Å². The van der Waals surface area contributed by atoms with E-state index in [1.807, 2.05) is 13.8 Å². The smallest absolute Gasteiger partial charge is 0.209 e. The van der Waals surface area contributed by atoms with Crippen LogP contribution < -0.4 is 5.84 Å². The van der Waals surface area contributed by atoms with Crippen molar-refractivity contribution in [3.05, 3.63) is 0 Å². The van der Waals surface area contributed by atoms with E-state index in [0.717, 1.165) is 32.6 Å². The third-order valence-corrected chi connectivity index (χ3v) is 2.54. The molecule has 0 aromatic rings. The number of nitrogens with zero attached hydrogens (tertiary/aromatic N) is 3. The maximum Gasteiger partial charge on any atom is 0.209 e. The van der Waals surface area contributed by atoms with E-state index in [1.54, 1.807) is 19.0 Å². The van der Waals surface area contributed by atoms with Crippen molar-refractivity contribution in [2.75, 3.05) is 53.9 Å². The molecular formula is C12H28N4O2. The van der Waals surface area contributed by atoms with Crippen LogP contribution in [0.3, 0.4) is 0 Å². The summed E-state index contributed by atoms with van der Waals surface area (Å²) in [7, 11) is 5.62. The topological polar surface area (TPSA) is 62.0 Å². The highest BCUT2D eigenvalue weighted by Crippen LogP contribution is 2.26. The summed E-state index contributed by atoms with van der Waals surface area (Å²) in [6.07, 6.45) is 0.919. The van der Waals surface area contributed by atoms with Crippen LogP contribution in [0, 0.1) is 0 Å². The summed E-state index contributed by atoms with van der Waals surface area (Å²) in [5.74, 6) is 4.94. The SMILES string of the molecule is CC.CN(C)N.CN1CC2(C1)CN(C=O)CCO2. The molecule has 0 bridgehead atoms. The first-order chi connectivity index (χ1) is 8.47. The second-order valence-corrected chi connectivity index (χ2v) is 4.74. The van der Waals surface area contributed by atoms with Gasteiger partial charge in [-0.2, -0.15) is 0 Å². The van der Waals surface area contributed by atoms with E-state index in [4.69, 9.17) is 10.6 Å². The van der Waals surface area contributed by atoms with Crippen LogP contribution in [0.1, 0.15) is 13.8 Å². The van der Waals surface area contributed by atoms with Crippen LogP contribution >= 0.6 is 0 Å². The lowest BCUT2D eigenvalue weighted by Crippen LogP contribution is -2.68. The van der Waals surface area contributed by atoms with Gasteiger partial charge in [-0.15, -0.1) is 0 Å². The fraction of sp³-hybridized carbons (Fsp3) is 0.917. The molecule has 2 saturated heterocycles. The lowest BCUT2D eigenvalue weighted by atomic mass is 9.93. The second-order valence-electron chi connectivity index (χ2n) is 4.74. The molecule has 2 heterocycles. The minimum absolute atomic E-state index is 0.0338. The van der Waals surface area contributed by atoms with Crippen LogP contribution in [0.15, 0.2) is 0 Å². The molecule has 0 radical (unpaired) electrons. The quantitative estimate of drug-likeness (QED) is 0.395. The fourth-order valence-electron chi connectivity index (χ4n) is 2.09. The second kappa shape index (κ2) is 8.42. The molecule has 2 aliphatic rings. The molecule has 2 fully saturated rings. The van der Waals surface area contributed by atoms with Crippen molar-refractivity contribution in [1.29, 1.82) is 0 Å². The number of ether oxygens (including phenoxy) is 1. The lowest BCUT2D eigenvalue weighted by molar-refractivity contribution is -0.178. The Hall–Kier alpha value is -0.690. The van der Waals surface area contributed by atoms with Gasteiger partial charge in [0.15, 0.2) is 0 Å². The summed E-state index contributed by atoms with van der Waals surface area (Å²) in [6, 6.07) is 0. The van der Waals surface area contributed by atoms with Crippen LogP contribution in [0.5, 0.6) is 0 Å². The molecule has 0 aromatic carbocycles. The molecule has 108 valence electrons. The summed E-state index contributed by atoms with van der Waals surface area (Å²) < 4.78 is 5.66. The molecular weight excluding hydrogens is 232 g/mol. The molecule has 0 unspecified atom stereocenters. The van der Waals surface area contributed by atoms with E-state index in [1.165, 1.54) is 5.01 Å². The maximum absolute atomic E-state index is 10.5. The predicted molar refractivity (Wildman–Crippen MR) is 73.0 cm³/mol. The summed E-state index contributed by atoms with van der Waals surface area (Å²) in [5, 5.41) is 1.50. The van der Waals surface area contributed by atoms with Crippen LogP contribution in [-0.4, -0.2) is 80.7 Å². The lowest BCUT2D eigenvalue weighted by Gasteiger charge is -2.52. The van der Waals surface area contributed by atoms with Gasteiger partial charge in [-0.1, -0.05) is 13.8 Å². The highest BCUT2D eigenvalue weighted by Gasteiger charge is 2.45. The highest BCUT2D eigenvalue weighted by molar-refractivity contribution is 5.47. The summed E-state index contributed by atoms with van der Waals surface area (Å²) in [4.78, 5) is 14.5. The number of nitrogens with two attached hydrogens (primary N) is 1. The van der Waals surface area contributed by atoms with Crippen LogP contribution in [0.4, 0.5) is 0 Å². The minimum atomic E-state index is -0.0338. The Morgan fingerprint density at radius 1 is 1.28 bits per heavy atom. The number of likely N-dealkylation sites (N-methyl/N-ethyl adjacent to an activating group) is 1.